The Hall–Kier alpha value is -2.30. The Morgan fingerprint density at radius 1 is 1.06 bits per heavy atom. The molecular weight excluding hydrogens is 220 g/mol. The molecule has 1 heterocycles. The molecule has 0 saturated carbocycles. The van der Waals surface area contributed by atoms with E-state index in [0.717, 1.165) is 5.56 Å². The molecule has 0 fully saturated rings. The van der Waals surface area contributed by atoms with Gasteiger partial charge in [0.25, 0.3) is 5.56 Å². The summed E-state index contributed by atoms with van der Waals surface area (Å²) in [5, 5.41) is 0. The average Bonchev–Trinajstić information content (AvgIpc) is 2.28. The zero-order chi connectivity index (χ0) is 12.4. The highest BCUT2D eigenvalue weighted by molar-refractivity contribution is 5.65. The molecule has 0 amide bonds. The van der Waals surface area contributed by atoms with Crippen LogP contribution >= 0.6 is 0 Å². The van der Waals surface area contributed by atoms with Crippen LogP contribution in [0.1, 0.15) is 5.69 Å². The highest BCUT2D eigenvalue weighted by Gasteiger charge is 2.08. The van der Waals surface area contributed by atoms with Crippen molar-refractivity contribution in [2.24, 2.45) is 0 Å². The fraction of sp³-hybridized carbons (Fsp3) is 0.167. The largest absolute Gasteiger partial charge is 0.497 e. The highest BCUT2D eigenvalue weighted by Crippen LogP contribution is 2.20. The van der Waals surface area contributed by atoms with Crippen LogP contribution in [0.25, 0.3) is 11.1 Å². The maximum absolute atomic E-state index is 11.7. The van der Waals surface area contributed by atoms with Gasteiger partial charge >= 0.3 is 5.69 Å². The molecule has 1 aromatic heterocycles. The van der Waals surface area contributed by atoms with Crippen LogP contribution in [0, 0.1) is 6.92 Å². The van der Waals surface area contributed by atoms with E-state index >= 15 is 0 Å². The minimum absolute atomic E-state index is 0.392. The van der Waals surface area contributed by atoms with Crippen molar-refractivity contribution < 1.29 is 4.74 Å². The first-order chi connectivity index (χ1) is 8.11. The lowest BCUT2D eigenvalue weighted by atomic mass is 10.1. The maximum Gasteiger partial charge on any atom is 0.325 e. The standard InChI is InChI=1S/C12H12N2O3/c1-7-10(11(15)14-12(16)13-7)8-3-5-9(17-2)6-4-8/h3-6H,1-2H3,(H2,13,14,15,16). The van der Waals surface area contributed by atoms with Crippen LogP contribution in [-0.2, 0) is 0 Å². The van der Waals surface area contributed by atoms with E-state index in [0.29, 0.717) is 17.0 Å². The Balaban J connectivity index is 2.60. The second kappa shape index (κ2) is 4.29. The van der Waals surface area contributed by atoms with Gasteiger partial charge in [-0.15, -0.1) is 0 Å². The summed E-state index contributed by atoms with van der Waals surface area (Å²) in [7, 11) is 1.58. The first-order valence-corrected chi connectivity index (χ1v) is 5.09. The van der Waals surface area contributed by atoms with E-state index in [4.69, 9.17) is 4.74 Å². The van der Waals surface area contributed by atoms with Crippen molar-refractivity contribution in [2.45, 2.75) is 6.92 Å². The Morgan fingerprint density at radius 2 is 1.71 bits per heavy atom. The second-order valence-electron chi connectivity index (χ2n) is 3.64. The first-order valence-electron chi connectivity index (χ1n) is 5.09. The molecule has 0 aliphatic rings. The van der Waals surface area contributed by atoms with Crippen molar-refractivity contribution in [1.82, 2.24) is 9.97 Å². The van der Waals surface area contributed by atoms with Gasteiger partial charge < -0.3 is 9.72 Å². The van der Waals surface area contributed by atoms with E-state index < -0.39 is 11.2 Å². The van der Waals surface area contributed by atoms with Gasteiger partial charge in [-0.25, -0.2) is 4.79 Å². The molecule has 5 heteroatoms. The van der Waals surface area contributed by atoms with Gasteiger partial charge in [0.05, 0.1) is 12.7 Å². The lowest BCUT2D eigenvalue weighted by Gasteiger charge is -2.05. The van der Waals surface area contributed by atoms with Crippen molar-refractivity contribution in [3.63, 3.8) is 0 Å². The average molecular weight is 232 g/mol. The minimum Gasteiger partial charge on any atom is -0.497 e. The number of ether oxygens (including phenoxy) is 1. The van der Waals surface area contributed by atoms with E-state index in [1.807, 2.05) is 0 Å². The molecule has 0 saturated heterocycles. The van der Waals surface area contributed by atoms with Crippen LogP contribution in [0.3, 0.4) is 0 Å². The molecule has 2 aromatic rings. The molecule has 0 spiro atoms. The molecule has 0 aliphatic carbocycles. The van der Waals surface area contributed by atoms with E-state index in [-0.39, 0.29) is 0 Å². The number of aromatic nitrogens is 2. The van der Waals surface area contributed by atoms with Crippen LogP contribution in [0.5, 0.6) is 5.75 Å². The molecule has 88 valence electrons. The number of benzene rings is 1. The van der Waals surface area contributed by atoms with Gasteiger partial charge in [-0.05, 0) is 24.6 Å². The third-order valence-corrected chi connectivity index (χ3v) is 2.51. The fourth-order valence-corrected chi connectivity index (χ4v) is 1.71. The number of methoxy groups -OCH3 is 1. The molecule has 1 aromatic carbocycles. The molecule has 2 rings (SSSR count). The van der Waals surface area contributed by atoms with E-state index in [9.17, 15) is 9.59 Å². The van der Waals surface area contributed by atoms with Crippen molar-refractivity contribution in [3.05, 3.63) is 50.8 Å². The summed E-state index contributed by atoms with van der Waals surface area (Å²) >= 11 is 0. The molecule has 17 heavy (non-hydrogen) atoms. The predicted octanol–water partition coefficient (Wildman–Crippen LogP) is 1.05. The number of hydrogen-bond acceptors (Lipinski definition) is 3. The zero-order valence-electron chi connectivity index (χ0n) is 9.53. The van der Waals surface area contributed by atoms with Gasteiger partial charge in [0.1, 0.15) is 5.75 Å². The van der Waals surface area contributed by atoms with Gasteiger partial charge in [-0.1, -0.05) is 12.1 Å². The number of aromatic amines is 2. The number of nitrogens with one attached hydrogen (secondary N) is 2. The summed E-state index contributed by atoms with van der Waals surface area (Å²) in [5.41, 5.74) is 0.859. The highest BCUT2D eigenvalue weighted by atomic mass is 16.5. The number of rotatable bonds is 2. The number of H-pyrrole nitrogens is 2. The SMILES string of the molecule is COc1ccc(-c2c(C)[nH]c(=O)[nH]c2=O)cc1. The van der Waals surface area contributed by atoms with Gasteiger partial charge in [0, 0.05) is 5.69 Å². The molecular formula is C12H12N2O3. The third kappa shape index (κ3) is 2.13. The van der Waals surface area contributed by atoms with E-state index in [2.05, 4.69) is 9.97 Å². The molecule has 0 unspecified atom stereocenters. The van der Waals surface area contributed by atoms with Crippen LogP contribution in [0.2, 0.25) is 0 Å². The van der Waals surface area contributed by atoms with E-state index in [1.165, 1.54) is 0 Å². The summed E-state index contributed by atoms with van der Waals surface area (Å²) in [6, 6.07) is 7.07. The first kappa shape index (κ1) is 11.2. The molecule has 0 radical (unpaired) electrons. The molecule has 0 bridgehead atoms. The summed E-state index contributed by atoms with van der Waals surface area (Å²) in [6.45, 7) is 1.69. The number of aryl methyl sites for hydroxylation is 1. The van der Waals surface area contributed by atoms with E-state index in [1.54, 1.807) is 38.3 Å². The monoisotopic (exact) mass is 232 g/mol. The molecule has 5 nitrogen and oxygen atoms in total. The summed E-state index contributed by atoms with van der Waals surface area (Å²) in [6.07, 6.45) is 0. The summed E-state index contributed by atoms with van der Waals surface area (Å²) in [5.74, 6) is 0.715. The van der Waals surface area contributed by atoms with Crippen molar-refractivity contribution in [3.8, 4) is 16.9 Å². The quantitative estimate of drug-likeness (QED) is 0.812. The Labute approximate surface area is 97.1 Å². The summed E-state index contributed by atoms with van der Waals surface area (Å²) < 4.78 is 5.04. The Morgan fingerprint density at radius 3 is 2.24 bits per heavy atom. The van der Waals surface area contributed by atoms with Crippen molar-refractivity contribution in [1.29, 1.82) is 0 Å². The smallest absolute Gasteiger partial charge is 0.325 e. The topological polar surface area (TPSA) is 75.0 Å². The Kier molecular flexibility index (Phi) is 2.82. The summed E-state index contributed by atoms with van der Waals surface area (Å²) in [4.78, 5) is 27.5. The van der Waals surface area contributed by atoms with Gasteiger partial charge in [-0.2, -0.15) is 0 Å². The predicted molar refractivity (Wildman–Crippen MR) is 64.4 cm³/mol. The molecule has 2 N–H and O–H groups in total. The van der Waals surface area contributed by atoms with Crippen molar-refractivity contribution >= 4 is 0 Å². The van der Waals surface area contributed by atoms with Crippen LogP contribution < -0.4 is 16.0 Å². The van der Waals surface area contributed by atoms with Crippen molar-refractivity contribution in [2.75, 3.05) is 7.11 Å². The molecule has 0 aliphatic heterocycles. The number of hydrogen-bond donors (Lipinski definition) is 2. The molecule has 0 atom stereocenters. The van der Waals surface area contributed by atoms with Gasteiger partial charge in [0.2, 0.25) is 0 Å². The maximum atomic E-state index is 11.7. The zero-order valence-corrected chi connectivity index (χ0v) is 9.53. The van der Waals surface area contributed by atoms with Crippen LogP contribution in [-0.4, -0.2) is 17.1 Å². The third-order valence-electron chi connectivity index (χ3n) is 2.51. The second-order valence-corrected chi connectivity index (χ2v) is 3.64. The lowest BCUT2D eigenvalue weighted by Crippen LogP contribution is -2.24. The Bertz CT molecular complexity index is 638. The fourth-order valence-electron chi connectivity index (χ4n) is 1.71. The van der Waals surface area contributed by atoms with Crippen LogP contribution in [0.15, 0.2) is 33.9 Å². The van der Waals surface area contributed by atoms with Crippen LogP contribution in [0.4, 0.5) is 0 Å². The lowest BCUT2D eigenvalue weighted by molar-refractivity contribution is 0.415. The van der Waals surface area contributed by atoms with Gasteiger partial charge in [0.15, 0.2) is 0 Å². The normalized spacial score (nSPS) is 10.2. The van der Waals surface area contributed by atoms with Gasteiger partial charge in [-0.3, -0.25) is 9.78 Å². The minimum atomic E-state index is -0.496.